The molecule has 0 saturated heterocycles. The molecule has 1 unspecified atom stereocenters. The molecule has 1 fully saturated rings. The van der Waals surface area contributed by atoms with Crippen LogP contribution in [-0.2, 0) is 9.53 Å². The van der Waals surface area contributed by atoms with E-state index in [0.29, 0.717) is 32.3 Å². The molecule has 0 aromatic carbocycles. The van der Waals surface area contributed by atoms with Crippen molar-refractivity contribution in [3.63, 3.8) is 0 Å². The van der Waals surface area contributed by atoms with Gasteiger partial charge in [0.15, 0.2) is 0 Å². The quantitative estimate of drug-likeness (QED) is 0.737. The van der Waals surface area contributed by atoms with Gasteiger partial charge < -0.3 is 15.8 Å². The van der Waals surface area contributed by atoms with Crippen LogP contribution in [0.15, 0.2) is 0 Å². The van der Waals surface area contributed by atoms with Crippen LogP contribution in [0.3, 0.4) is 0 Å². The number of hydrogen-bond donors (Lipinski definition) is 2. The standard InChI is InChI=1S/C13H23F3N2O2/c1-20-8-2-3-11(17)12(19)18-10-6-4-9(5-7-10)13(14,15)16/h9-11H,2-8,17H2,1H3,(H,18,19). The smallest absolute Gasteiger partial charge is 0.385 e. The van der Waals surface area contributed by atoms with E-state index < -0.39 is 18.1 Å². The van der Waals surface area contributed by atoms with E-state index in [-0.39, 0.29) is 24.8 Å². The van der Waals surface area contributed by atoms with Crippen molar-refractivity contribution in [1.82, 2.24) is 5.32 Å². The molecule has 4 nitrogen and oxygen atoms in total. The summed E-state index contributed by atoms with van der Waals surface area (Å²) in [6.45, 7) is 0.539. The Balaban J connectivity index is 2.27. The SMILES string of the molecule is COCCCC(N)C(=O)NC1CCC(C(F)(F)F)CC1. The van der Waals surface area contributed by atoms with Crippen LogP contribution in [0.5, 0.6) is 0 Å². The van der Waals surface area contributed by atoms with Gasteiger partial charge in [0, 0.05) is 19.8 Å². The number of carbonyl (C=O) groups is 1. The highest BCUT2D eigenvalue weighted by atomic mass is 19.4. The summed E-state index contributed by atoms with van der Waals surface area (Å²) >= 11 is 0. The van der Waals surface area contributed by atoms with Crippen LogP contribution in [0.1, 0.15) is 38.5 Å². The van der Waals surface area contributed by atoms with Gasteiger partial charge in [-0.05, 0) is 38.5 Å². The minimum absolute atomic E-state index is 0.0767. The summed E-state index contributed by atoms with van der Waals surface area (Å²) < 4.78 is 42.4. The van der Waals surface area contributed by atoms with E-state index in [0.717, 1.165) is 0 Å². The van der Waals surface area contributed by atoms with E-state index in [1.807, 2.05) is 0 Å². The van der Waals surface area contributed by atoms with Gasteiger partial charge in [0.25, 0.3) is 0 Å². The highest BCUT2D eigenvalue weighted by Crippen LogP contribution is 2.37. The fourth-order valence-electron chi connectivity index (χ4n) is 2.45. The molecule has 3 N–H and O–H groups in total. The van der Waals surface area contributed by atoms with E-state index in [1.165, 1.54) is 0 Å². The van der Waals surface area contributed by atoms with Crippen LogP contribution in [0.25, 0.3) is 0 Å². The number of nitrogens with one attached hydrogen (secondary N) is 1. The van der Waals surface area contributed by atoms with Gasteiger partial charge in [-0.2, -0.15) is 13.2 Å². The second kappa shape index (κ2) is 7.83. The van der Waals surface area contributed by atoms with Gasteiger partial charge >= 0.3 is 6.18 Å². The summed E-state index contributed by atoms with van der Waals surface area (Å²) in [4.78, 5) is 11.8. The predicted octanol–water partition coefficient (Wildman–Crippen LogP) is 1.98. The summed E-state index contributed by atoms with van der Waals surface area (Å²) in [5.41, 5.74) is 5.72. The highest BCUT2D eigenvalue weighted by molar-refractivity contribution is 5.81. The molecule has 0 aromatic heterocycles. The van der Waals surface area contributed by atoms with Crippen LogP contribution < -0.4 is 11.1 Å². The van der Waals surface area contributed by atoms with Gasteiger partial charge in [0.2, 0.25) is 5.91 Å². The maximum atomic E-state index is 12.5. The normalized spacial score (nSPS) is 25.2. The van der Waals surface area contributed by atoms with Gasteiger partial charge in [0.1, 0.15) is 0 Å². The van der Waals surface area contributed by atoms with Crippen molar-refractivity contribution in [1.29, 1.82) is 0 Å². The lowest BCUT2D eigenvalue weighted by Gasteiger charge is -2.30. The number of alkyl halides is 3. The average molecular weight is 296 g/mol. The number of ether oxygens (including phenoxy) is 1. The molecule has 1 aliphatic rings. The third-order valence-corrected chi connectivity index (χ3v) is 3.74. The Hall–Kier alpha value is -0.820. The fraction of sp³-hybridized carbons (Fsp3) is 0.923. The van der Waals surface area contributed by atoms with Crippen molar-refractivity contribution in [2.45, 2.75) is 56.8 Å². The topological polar surface area (TPSA) is 64.3 Å². The number of nitrogens with two attached hydrogens (primary N) is 1. The summed E-state index contributed by atoms with van der Waals surface area (Å²) in [7, 11) is 1.57. The van der Waals surface area contributed by atoms with Crippen LogP contribution in [0.2, 0.25) is 0 Å². The minimum Gasteiger partial charge on any atom is -0.385 e. The van der Waals surface area contributed by atoms with E-state index >= 15 is 0 Å². The molecule has 1 rings (SSSR count). The van der Waals surface area contributed by atoms with Crippen molar-refractivity contribution < 1.29 is 22.7 Å². The van der Waals surface area contributed by atoms with Gasteiger partial charge in [-0.25, -0.2) is 0 Å². The zero-order valence-electron chi connectivity index (χ0n) is 11.7. The van der Waals surface area contributed by atoms with E-state index in [1.54, 1.807) is 7.11 Å². The molecule has 0 aromatic rings. The summed E-state index contributed by atoms with van der Waals surface area (Å²) in [6, 6.07) is -0.805. The average Bonchev–Trinajstić information content (AvgIpc) is 2.38. The molecule has 1 aliphatic carbocycles. The second-order valence-electron chi connectivity index (χ2n) is 5.34. The maximum Gasteiger partial charge on any atom is 0.391 e. The zero-order chi connectivity index (χ0) is 15.2. The van der Waals surface area contributed by atoms with Crippen molar-refractivity contribution >= 4 is 5.91 Å². The highest BCUT2D eigenvalue weighted by Gasteiger charge is 2.41. The van der Waals surface area contributed by atoms with Crippen molar-refractivity contribution in [2.24, 2.45) is 11.7 Å². The fourth-order valence-corrected chi connectivity index (χ4v) is 2.45. The number of carbonyl (C=O) groups excluding carboxylic acids is 1. The maximum absolute atomic E-state index is 12.5. The first-order chi connectivity index (χ1) is 9.34. The molecule has 0 heterocycles. The van der Waals surface area contributed by atoms with Crippen LogP contribution in [0, 0.1) is 5.92 Å². The van der Waals surface area contributed by atoms with Crippen LogP contribution >= 0.6 is 0 Å². The Bertz CT molecular complexity index is 302. The number of hydrogen-bond acceptors (Lipinski definition) is 3. The number of amides is 1. The van der Waals surface area contributed by atoms with Crippen molar-refractivity contribution in [3.05, 3.63) is 0 Å². The van der Waals surface area contributed by atoms with Crippen LogP contribution in [0.4, 0.5) is 13.2 Å². The summed E-state index contributed by atoms with van der Waals surface area (Å²) in [5.74, 6) is -1.51. The van der Waals surface area contributed by atoms with Gasteiger partial charge in [-0.3, -0.25) is 4.79 Å². The lowest BCUT2D eigenvalue weighted by molar-refractivity contribution is -0.182. The third kappa shape index (κ3) is 5.66. The Morgan fingerprint density at radius 2 is 1.95 bits per heavy atom. The molecule has 0 spiro atoms. The molecule has 7 heteroatoms. The Morgan fingerprint density at radius 1 is 1.35 bits per heavy atom. The molecular formula is C13H23F3N2O2. The molecule has 1 amide bonds. The van der Waals surface area contributed by atoms with Crippen molar-refractivity contribution in [2.75, 3.05) is 13.7 Å². The molecule has 0 radical (unpaired) electrons. The molecule has 0 bridgehead atoms. The van der Waals surface area contributed by atoms with Gasteiger partial charge in [-0.15, -0.1) is 0 Å². The first kappa shape index (κ1) is 17.2. The summed E-state index contributed by atoms with van der Waals surface area (Å²) in [6.07, 6.45) is -2.04. The number of rotatable bonds is 6. The third-order valence-electron chi connectivity index (χ3n) is 3.74. The lowest BCUT2D eigenvalue weighted by atomic mass is 9.85. The van der Waals surface area contributed by atoms with Crippen molar-refractivity contribution in [3.8, 4) is 0 Å². The Morgan fingerprint density at radius 3 is 2.45 bits per heavy atom. The Kier molecular flexibility index (Phi) is 6.75. The number of halogens is 3. The Labute approximate surface area is 117 Å². The van der Waals surface area contributed by atoms with Crippen LogP contribution in [-0.4, -0.2) is 37.9 Å². The monoisotopic (exact) mass is 296 g/mol. The van der Waals surface area contributed by atoms with E-state index in [4.69, 9.17) is 10.5 Å². The summed E-state index contributed by atoms with van der Waals surface area (Å²) in [5, 5.41) is 2.75. The molecule has 1 saturated carbocycles. The zero-order valence-corrected chi connectivity index (χ0v) is 11.7. The van der Waals surface area contributed by atoms with Gasteiger partial charge in [0.05, 0.1) is 12.0 Å². The second-order valence-corrected chi connectivity index (χ2v) is 5.34. The first-order valence-corrected chi connectivity index (χ1v) is 6.96. The molecule has 1 atom stereocenters. The predicted molar refractivity (Wildman–Crippen MR) is 69.0 cm³/mol. The largest absolute Gasteiger partial charge is 0.391 e. The molecule has 20 heavy (non-hydrogen) atoms. The molecule has 0 aliphatic heterocycles. The minimum atomic E-state index is -4.12. The van der Waals surface area contributed by atoms with E-state index in [9.17, 15) is 18.0 Å². The first-order valence-electron chi connectivity index (χ1n) is 6.96. The van der Waals surface area contributed by atoms with Gasteiger partial charge in [-0.1, -0.05) is 0 Å². The molecule has 118 valence electrons. The molecular weight excluding hydrogens is 273 g/mol. The number of methoxy groups -OCH3 is 1. The van der Waals surface area contributed by atoms with E-state index in [2.05, 4.69) is 5.32 Å². The lowest BCUT2D eigenvalue weighted by Crippen LogP contribution is -2.47.